The average molecular weight is 374 g/mol. The van der Waals surface area contributed by atoms with E-state index in [1.165, 1.54) is 0 Å². The molecule has 0 saturated carbocycles. The molecule has 0 radical (unpaired) electrons. The molecule has 0 spiro atoms. The molecule has 28 heavy (non-hydrogen) atoms. The summed E-state index contributed by atoms with van der Waals surface area (Å²) in [7, 11) is 0. The third kappa shape index (κ3) is 4.14. The molecular formula is C23H22N2O3. The number of fused-ring (bicyclic) bond motifs is 1. The summed E-state index contributed by atoms with van der Waals surface area (Å²) in [5.74, 6) is 0.572. The molecule has 1 aliphatic rings. The zero-order chi connectivity index (χ0) is 19.3. The second-order valence-corrected chi connectivity index (χ2v) is 6.96. The van der Waals surface area contributed by atoms with E-state index in [-0.39, 0.29) is 17.9 Å². The first-order valence-electron chi connectivity index (χ1n) is 9.50. The Morgan fingerprint density at radius 1 is 1.00 bits per heavy atom. The molecule has 2 heterocycles. The fourth-order valence-electron chi connectivity index (χ4n) is 3.45. The van der Waals surface area contributed by atoms with Gasteiger partial charge in [0.25, 0.3) is 5.91 Å². The Balaban J connectivity index is 1.29. The van der Waals surface area contributed by atoms with Gasteiger partial charge in [0, 0.05) is 36.2 Å². The molecule has 0 atom stereocenters. The Labute approximate surface area is 163 Å². The molecule has 0 bridgehead atoms. The second kappa shape index (κ2) is 8.13. The van der Waals surface area contributed by atoms with E-state index in [2.05, 4.69) is 5.32 Å². The van der Waals surface area contributed by atoms with E-state index >= 15 is 0 Å². The number of nitrogens with zero attached hydrogens (tertiary/aromatic N) is 1. The molecule has 5 heteroatoms. The first kappa shape index (κ1) is 18.0. The van der Waals surface area contributed by atoms with Crippen LogP contribution in [0.1, 0.15) is 29.0 Å². The monoisotopic (exact) mass is 374 g/mol. The zero-order valence-corrected chi connectivity index (χ0v) is 15.5. The van der Waals surface area contributed by atoms with Crippen molar-refractivity contribution in [2.24, 2.45) is 0 Å². The highest BCUT2D eigenvalue weighted by molar-refractivity contribution is 5.94. The van der Waals surface area contributed by atoms with E-state index in [0.717, 1.165) is 23.8 Å². The van der Waals surface area contributed by atoms with Crippen LogP contribution in [0.5, 0.6) is 0 Å². The van der Waals surface area contributed by atoms with Gasteiger partial charge in [-0.15, -0.1) is 0 Å². The van der Waals surface area contributed by atoms with Crippen LogP contribution in [0.25, 0.3) is 17.0 Å². The maximum absolute atomic E-state index is 12.4. The molecule has 3 aromatic rings. The summed E-state index contributed by atoms with van der Waals surface area (Å²) in [4.78, 5) is 26.5. The highest BCUT2D eigenvalue weighted by Gasteiger charge is 2.23. The molecule has 142 valence electrons. The Bertz CT molecular complexity index is 966. The van der Waals surface area contributed by atoms with Gasteiger partial charge in [0.05, 0.1) is 0 Å². The smallest absolute Gasteiger partial charge is 0.251 e. The fraction of sp³-hybridized carbons (Fsp3) is 0.217. The number of amides is 2. The maximum atomic E-state index is 12.4. The molecule has 4 rings (SSSR count). The van der Waals surface area contributed by atoms with Crippen LogP contribution in [0.2, 0.25) is 0 Å². The maximum Gasteiger partial charge on any atom is 0.251 e. The Morgan fingerprint density at radius 2 is 1.71 bits per heavy atom. The molecule has 0 aliphatic carbocycles. The van der Waals surface area contributed by atoms with Crippen molar-refractivity contribution in [1.29, 1.82) is 0 Å². The number of likely N-dealkylation sites (tertiary alicyclic amines) is 1. The fourth-order valence-corrected chi connectivity index (χ4v) is 3.45. The van der Waals surface area contributed by atoms with Gasteiger partial charge in [0.15, 0.2) is 0 Å². The van der Waals surface area contributed by atoms with Gasteiger partial charge in [-0.05, 0) is 43.2 Å². The highest BCUT2D eigenvalue weighted by atomic mass is 16.3. The van der Waals surface area contributed by atoms with Crippen molar-refractivity contribution in [2.45, 2.75) is 18.9 Å². The molecule has 5 nitrogen and oxygen atoms in total. The number of nitrogens with one attached hydrogen (secondary N) is 1. The van der Waals surface area contributed by atoms with Gasteiger partial charge in [-0.2, -0.15) is 0 Å². The number of furan rings is 1. The van der Waals surface area contributed by atoms with Crippen molar-refractivity contribution in [2.75, 3.05) is 13.1 Å². The predicted octanol–water partition coefficient (Wildman–Crippen LogP) is 3.87. The van der Waals surface area contributed by atoms with Crippen LogP contribution < -0.4 is 5.32 Å². The number of hydrogen-bond donors (Lipinski definition) is 1. The minimum Gasteiger partial charge on any atom is -0.457 e. The van der Waals surface area contributed by atoms with Crippen molar-refractivity contribution < 1.29 is 14.0 Å². The van der Waals surface area contributed by atoms with E-state index < -0.39 is 0 Å². The van der Waals surface area contributed by atoms with Crippen LogP contribution in [0.3, 0.4) is 0 Å². The highest BCUT2D eigenvalue weighted by Crippen LogP contribution is 2.20. The number of para-hydroxylation sites is 1. The van der Waals surface area contributed by atoms with E-state index in [1.54, 1.807) is 24.3 Å². The molecule has 1 aliphatic heterocycles. The topological polar surface area (TPSA) is 62.6 Å². The van der Waals surface area contributed by atoms with Crippen LogP contribution in [0, 0.1) is 0 Å². The first-order chi connectivity index (χ1) is 13.7. The number of hydrogen-bond acceptors (Lipinski definition) is 3. The van der Waals surface area contributed by atoms with Gasteiger partial charge < -0.3 is 14.6 Å². The third-order valence-electron chi connectivity index (χ3n) is 5.01. The SMILES string of the molecule is O=C(NC1CCN(C(=O)/C=C/c2cc3ccccc3o2)CC1)c1ccccc1. The molecule has 1 aromatic heterocycles. The zero-order valence-electron chi connectivity index (χ0n) is 15.5. The molecule has 1 saturated heterocycles. The molecule has 1 N–H and O–H groups in total. The van der Waals surface area contributed by atoms with Crippen LogP contribution in [0.15, 0.2) is 71.2 Å². The number of piperidine rings is 1. The summed E-state index contributed by atoms with van der Waals surface area (Å²) in [6.45, 7) is 1.26. The van der Waals surface area contributed by atoms with Crippen molar-refractivity contribution in [3.05, 3.63) is 78.1 Å². The summed E-state index contributed by atoms with van der Waals surface area (Å²) in [6, 6.07) is 19.0. The van der Waals surface area contributed by atoms with E-state index in [0.29, 0.717) is 24.4 Å². The van der Waals surface area contributed by atoms with E-state index in [1.807, 2.05) is 53.4 Å². The van der Waals surface area contributed by atoms with Gasteiger partial charge >= 0.3 is 0 Å². The second-order valence-electron chi connectivity index (χ2n) is 6.96. The molecule has 0 unspecified atom stereocenters. The minimum absolute atomic E-state index is 0.0340. The normalized spacial score (nSPS) is 15.2. The van der Waals surface area contributed by atoms with Gasteiger partial charge in [-0.3, -0.25) is 9.59 Å². The predicted molar refractivity (Wildman–Crippen MR) is 109 cm³/mol. The van der Waals surface area contributed by atoms with E-state index in [9.17, 15) is 9.59 Å². The van der Waals surface area contributed by atoms with Crippen LogP contribution in [-0.2, 0) is 4.79 Å². The number of carbonyl (C=O) groups is 2. The molecule has 1 fully saturated rings. The third-order valence-corrected chi connectivity index (χ3v) is 5.01. The number of benzene rings is 2. The molecule has 2 amide bonds. The average Bonchev–Trinajstić information content (AvgIpc) is 3.16. The lowest BCUT2D eigenvalue weighted by Gasteiger charge is -2.31. The van der Waals surface area contributed by atoms with Crippen molar-refractivity contribution >= 4 is 28.9 Å². The summed E-state index contributed by atoms with van der Waals surface area (Å²) >= 11 is 0. The Morgan fingerprint density at radius 3 is 2.46 bits per heavy atom. The number of rotatable bonds is 4. The summed E-state index contributed by atoms with van der Waals surface area (Å²) < 4.78 is 5.70. The Hall–Kier alpha value is -3.34. The molecule has 2 aromatic carbocycles. The number of carbonyl (C=O) groups excluding carboxylic acids is 2. The quantitative estimate of drug-likeness (QED) is 0.705. The van der Waals surface area contributed by atoms with E-state index in [4.69, 9.17) is 4.42 Å². The Kier molecular flexibility index (Phi) is 5.24. The van der Waals surface area contributed by atoms with Gasteiger partial charge in [0.1, 0.15) is 11.3 Å². The minimum atomic E-state index is -0.0600. The van der Waals surface area contributed by atoms with Gasteiger partial charge in [0.2, 0.25) is 5.91 Å². The van der Waals surface area contributed by atoms with Gasteiger partial charge in [-0.25, -0.2) is 0 Å². The standard InChI is InChI=1S/C23H22N2O3/c26-22(11-10-20-16-18-8-4-5-9-21(18)28-20)25-14-12-19(13-15-25)24-23(27)17-6-2-1-3-7-17/h1-11,16,19H,12-15H2,(H,24,27)/b11-10+. The first-order valence-corrected chi connectivity index (χ1v) is 9.50. The van der Waals surface area contributed by atoms with Crippen LogP contribution in [0.4, 0.5) is 0 Å². The summed E-state index contributed by atoms with van der Waals surface area (Å²) in [6.07, 6.45) is 4.78. The van der Waals surface area contributed by atoms with Crippen molar-refractivity contribution in [3.8, 4) is 0 Å². The van der Waals surface area contributed by atoms with Crippen LogP contribution in [-0.4, -0.2) is 35.8 Å². The largest absolute Gasteiger partial charge is 0.457 e. The lowest BCUT2D eigenvalue weighted by molar-refractivity contribution is -0.127. The van der Waals surface area contributed by atoms with Gasteiger partial charge in [-0.1, -0.05) is 36.4 Å². The molecular weight excluding hydrogens is 352 g/mol. The van der Waals surface area contributed by atoms with Crippen molar-refractivity contribution in [1.82, 2.24) is 10.2 Å². The lowest BCUT2D eigenvalue weighted by atomic mass is 10.0. The summed E-state index contributed by atoms with van der Waals surface area (Å²) in [5, 5.41) is 4.08. The van der Waals surface area contributed by atoms with Crippen molar-refractivity contribution in [3.63, 3.8) is 0 Å². The summed E-state index contributed by atoms with van der Waals surface area (Å²) in [5.41, 5.74) is 1.47. The van der Waals surface area contributed by atoms with Crippen LogP contribution >= 0.6 is 0 Å². The lowest BCUT2D eigenvalue weighted by Crippen LogP contribution is -2.46.